The van der Waals surface area contributed by atoms with Gasteiger partial charge in [0.2, 0.25) is 0 Å². The first-order valence-electron chi connectivity index (χ1n) is 9.12. The van der Waals surface area contributed by atoms with Crippen LogP contribution >= 0.6 is 11.3 Å². The van der Waals surface area contributed by atoms with E-state index in [0.717, 1.165) is 11.3 Å². The number of ketones is 1. The lowest BCUT2D eigenvalue weighted by molar-refractivity contribution is -0.140. The third kappa shape index (κ3) is 3.95. The predicted molar refractivity (Wildman–Crippen MR) is 107 cm³/mol. The number of amides is 1. The fourth-order valence-corrected chi connectivity index (χ4v) is 3.97. The second kappa shape index (κ2) is 9.03. The van der Waals surface area contributed by atoms with Crippen LogP contribution < -0.4 is 4.74 Å². The molecular formula is C21H23NO5S. The normalized spacial score (nSPS) is 18.6. The average Bonchev–Trinajstić information content (AvgIpc) is 3.32. The lowest BCUT2D eigenvalue weighted by atomic mass is 10.00. The maximum atomic E-state index is 12.7. The van der Waals surface area contributed by atoms with E-state index in [9.17, 15) is 14.7 Å². The van der Waals surface area contributed by atoms with Gasteiger partial charge in [0.1, 0.15) is 11.5 Å². The minimum Gasteiger partial charge on any atom is -0.507 e. The molecule has 1 aliphatic heterocycles. The molecule has 0 spiro atoms. The number of benzene rings is 1. The molecule has 1 saturated heterocycles. The van der Waals surface area contributed by atoms with E-state index in [0.29, 0.717) is 24.5 Å². The highest BCUT2D eigenvalue weighted by Gasteiger charge is 2.46. The molecule has 0 aliphatic carbocycles. The summed E-state index contributed by atoms with van der Waals surface area (Å²) in [5.74, 6) is -0.800. The number of thiophene rings is 1. The smallest absolute Gasteiger partial charge is 0.295 e. The zero-order chi connectivity index (χ0) is 20.1. The second-order valence-electron chi connectivity index (χ2n) is 6.37. The van der Waals surface area contributed by atoms with E-state index in [2.05, 4.69) is 0 Å². The van der Waals surface area contributed by atoms with Crippen molar-refractivity contribution >= 4 is 28.8 Å². The molecule has 1 atom stereocenters. The minimum absolute atomic E-state index is 0.103. The molecule has 28 heavy (non-hydrogen) atoms. The zero-order valence-corrected chi connectivity index (χ0v) is 16.7. The zero-order valence-electron chi connectivity index (χ0n) is 15.9. The fraction of sp³-hybridized carbons (Fsp3) is 0.333. The third-order valence-corrected chi connectivity index (χ3v) is 5.41. The Morgan fingerprint density at radius 1 is 1.18 bits per heavy atom. The maximum Gasteiger partial charge on any atom is 0.295 e. The van der Waals surface area contributed by atoms with Crippen LogP contribution in [0.3, 0.4) is 0 Å². The van der Waals surface area contributed by atoms with Crippen LogP contribution in [0.25, 0.3) is 5.76 Å². The van der Waals surface area contributed by atoms with Gasteiger partial charge in [0, 0.05) is 24.1 Å². The third-order valence-electron chi connectivity index (χ3n) is 4.49. The van der Waals surface area contributed by atoms with Gasteiger partial charge in [-0.1, -0.05) is 13.0 Å². The Balaban J connectivity index is 2.00. The molecule has 1 amide bonds. The first-order valence-corrected chi connectivity index (χ1v) is 10.0. The molecule has 2 aromatic rings. The SMILES string of the molecule is CCCOc1ccc(/C(O)=C2/C(=O)C(=O)N(CCOC)C2c2cccs2)cc1. The standard InChI is InChI=1S/C21H23NO5S/c1-3-11-27-15-8-6-14(7-9-15)19(23)17-18(16-5-4-13-28-16)22(10-12-26-2)21(25)20(17)24/h4-9,13,18,23H,3,10-12H2,1-2H3/b19-17-. The van der Waals surface area contributed by atoms with Gasteiger partial charge in [0.25, 0.3) is 11.7 Å². The van der Waals surface area contributed by atoms with Crippen molar-refractivity contribution < 1.29 is 24.2 Å². The van der Waals surface area contributed by atoms with E-state index >= 15 is 0 Å². The Morgan fingerprint density at radius 2 is 1.93 bits per heavy atom. The number of carbonyl (C=O) groups is 2. The summed E-state index contributed by atoms with van der Waals surface area (Å²) in [7, 11) is 1.54. The number of carbonyl (C=O) groups excluding carboxylic acids is 2. The van der Waals surface area contributed by atoms with Crippen molar-refractivity contribution in [2.24, 2.45) is 0 Å². The Bertz CT molecular complexity index is 857. The van der Waals surface area contributed by atoms with Crippen LogP contribution in [-0.4, -0.2) is 48.6 Å². The number of aliphatic hydroxyl groups is 1. The van der Waals surface area contributed by atoms with Crippen LogP contribution in [0.5, 0.6) is 5.75 Å². The molecule has 3 rings (SSSR count). The second-order valence-corrected chi connectivity index (χ2v) is 7.35. The summed E-state index contributed by atoms with van der Waals surface area (Å²) in [4.78, 5) is 27.6. The number of aliphatic hydroxyl groups excluding tert-OH is 1. The van der Waals surface area contributed by atoms with Gasteiger partial charge in [0.05, 0.1) is 24.8 Å². The number of hydrogen-bond acceptors (Lipinski definition) is 6. The molecule has 6 nitrogen and oxygen atoms in total. The fourth-order valence-electron chi connectivity index (χ4n) is 3.13. The summed E-state index contributed by atoms with van der Waals surface area (Å²) in [6.45, 7) is 3.20. The van der Waals surface area contributed by atoms with Gasteiger partial charge in [-0.15, -0.1) is 11.3 Å². The van der Waals surface area contributed by atoms with E-state index in [4.69, 9.17) is 9.47 Å². The molecule has 2 heterocycles. The van der Waals surface area contributed by atoms with Crippen LogP contribution in [-0.2, 0) is 14.3 Å². The first-order chi connectivity index (χ1) is 13.6. The summed E-state index contributed by atoms with van der Waals surface area (Å²) in [6.07, 6.45) is 0.896. The van der Waals surface area contributed by atoms with E-state index in [1.807, 2.05) is 24.4 Å². The molecule has 1 aliphatic rings. The van der Waals surface area contributed by atoms with Gasteiger partial charge in [0.15, 0.2) is 0 Å². The average molecular weight is 401 g/mol. The van der Waals surface area contributed by atoms with Crippen LogP contribution in [0.1, 0.15) is 29.8 Å². The monoisotopic (exact) mass is 401 g/mol. The van der Waals surface area contributed by atoms with Crippen molar-refractivity contribution in [2.45, 2.75) is 19.4 Å². The largest absolute Gasteiger partial charge is 0.507 e. The highest BCUT2D eigenvalue weighted by molar-refractivity contribution is 7.10. The van der Waals surface area contributed by atoms with Crippen molar-refractivity contribution in [2.75, 3.05) is 26.9 Å². The lowest BCUT2D eigenvalue weighted by Crippen LogP contribution is -2.32. The number of ether oxygens (including phenoxy) is 2. The Hall–Kier alpha value is -2.64. The Morgan fingerprint density at radius 3 is 2.54 bits per heavy atom. The Kier molecular flexibility index (Phi) is 6.49. The van der Waals surface area contributed by atoms with Gasteiger partial charge >= 0.3 is 0 Å². The van der Waals surface area contributed by atoms with E-state index in [-0.39, 0.29) is 17.9 Å². The quantitative estimate of drug-likeness (QED) is 0.415. The van der Waals surface area contributed by atoms with E-state index < -0.39 is 17.7 Å². The van der Waals surface area contributed by atoms with Crippen molar-refractivity contribution in [1.29, 1.82) is 0 Å². The molecule has 7 heteroatoms. The van der Waals surface area contributed by atoms with Crippen molar-refractivity contribution in [3.8, 4) is 5.75 Å². The van der Waals surface area contributed by atoms with Gasteiger partial charge in [-0.05, 0) is 42.1 Å². The van der Waals surface area contributed by atoms with Gasteiger partial charge in [-0.25, -0.2) is 0 Å². The molecule has 1 unspecified atom stereocenters. The summed E-state index contributed by atoms with van der Waals surface area (Å²) in [6, 6.07) is 9.96. The highest BCUT2D eigenvalue weighted by Crippen LogP contribution is 2.40. The summed E-state index contributed by atoms with van der Waals surface area (Å²) in [5.41, 5.74) is 0.570. The van der Waals surface area contributed by atoms with Crippen LogP contribution in [0.2, 0.25) is 0 Å². The maximum absolute atomic E-state index is 12.7. The van der Waals surface area contributed by atoms with Gasteiger partial charge < -0.3 is 19.5 Å². The molecule has 1 aromatic heterocycles. The molecule has 148 valence electrons. The molecule has 0 radical (unpaired) electrons. The minimum atomic E-state index is -0.682. The molecule has 1 aromatic carbocycles. The van der Waals surface area contributed by atoms with Crippen molar-refractivity contribution in [3.63, 3.8) is 0 Å². The molecule has 0 saturated carbocycles. The van der Waals surface area contributed by atoms with Crippen molar-refractivity contribution in [1.82, 2.24) is 4.90 Å². The lowest BCUT2D eigenvalue weighted by Gasteiger charge is -2.23. The van der Waals surface area contributed by atoms with E-state index in [1.165, 1.54) is 16.2 Å². The Labute approximate surface area is 168 Å². The number of likely N-dealkylation sites (tertiary alicyclic amines) is 1. The van der Waals surface area contributed by atoms with Gasteiger partial charge in [-0.2, -0.15) is 0 Å². The number of hydrogen-bond donors (Lipinski definition) is 1. The summed E-state index contributed by atoms with van der Waals surface area (Å²) in [5, 5.41) is 12.8. The van der Waals surface area contributed by atoms with Crippen LogP contribution in [0.15, 0.2) is 47.4 Å². The van der Waals surface area contributed by atoms with Crippen LogP contribution in [0, 0.1) is 0 Å². The predicted octanol–water partition coefficient (Wildman–Crippen LogP) is 3.61. The van der Waals surface area contributed by atoms with E-state index in [1.54, 1.807) is 31.4 Å². The molecule has 1 fully saturated rings. The first kappa shape index (κ1) is 20.1. The van der Waals surface area contributed by atoms with Crippen LogP contribution in [0.4, 0.5) is 0 Å². The number of methoxy groups -OCH3 is 1. The van der Waals surface area contributed by atoms with Gasteiger partial charge in [-0.3, -0.25) is 9.59 Å². The summed E-state index contributed by atoms with van der Waals surface area (Å²) >= 11 is 1.44. The molecular weight excluding hydrogens is 378 g/mol. The molecule has 0 bridgehead atoms. The van der Waals surface area contributed by atoms with Crippen molar-refractivity contribution in [3.05, 3.63) is 57.8 Å². The number of nitrogens with zero attached hydrogens (tertiary/aromatic N) is 1. The summed E-state index contributed by atoms with van der Waals surface area (Å²) < 4.78 is 10.6. The number of Topliss-reactive ketones (excluding diaryl/α,β-unsaturated/α-hetero) is 1. The molecule has 1 N–H and O–H groups in total. The number of rotatable bonds is 8. The topological polar surface area (TPSA) is 76.1 Å². The highest BCUT2D eigenvalue weighted by atomic mass is 32.1.